The molecule has 0 radical (unpaired) electrons. The number of H-pyrrole nitrogens is 1. The standard InChI is InChI=1S/C10H14N2O/c13-10-8(4-3-7-12-10)9-5-1-2-6-11-9/h3-4,7,9,11H,1-2,5-6H2,(H,12,13). The van der Waals surface area contributed by atoms with Gasteiger partial charge in [0.2, 0.25) is 0 Å². The molecule has 0 spiro atoms. The van der Waals surface area contributed by atoms with Crippen LogP contribution in [0.3, 0.4) is 0 Å². The van der Waals surface area contributed by atoms with Gasteiger partial charge in [0.05, 0.1) is 0 Å². The number of aromatic nitrogens is 1. The van der Waals surface area contributed by atoms with Gasteiger partial charge in [-0.15, -0.1) is 0 Å². The van der Waals surface area contributed by atoms with E-state index in [4.69, 9.17) is 0 Å². The predicted molar refractivity (Wildman–Crippen MR) is 51.7 cm³/mol. The lowest BCUT2D eigenvalue weighted by atomic mass is 9.99. The van der Waals surface area contributed by atoms with Crippen LogP contribution in [0.15, 0.2) is 23.1 Å². The summed E-state index contributed by atoms with van der Waals surface area (Å²) in [6.45, 7) is 1.03. The third-order valence-corrected chi connectivity index (χ3v) is 2.53. The number of hydrogen-bond acceptors (Lipinski definition) is 2. The summed E-state index contributed by atoms with van der Waals surface area (Å²) < 4.78 is 0. The lowest BCUT2D eigenvalue weighted by molar-refractivity contribution is 0.410. The second-order valence-corrected chi connectivity index (χ2v) is 3.46. The van der Waals surface area contributed by atoms with Gasteiger partial charge < -0.3 is 10.3 Å². The quantitative estimate of drug-likeness (QED) is 0.678. The van der Waals surface area contributed by atoms with Crippen molar-refractivity contribution >= 4 is 0 Å². The molecule has 1 fully saturated rings. The van der Waals surface area contributed by atoms with Crippen LogP contribution in [-0.2, 0) is 0 Å². The minimum Gasteiger partial charge on any atom is -0.329 e. The van der Waals surface area contributed by atoms with Crippen molar-refractivity contribution in [2.75, 3.05) is 6.54 Å². The topological polar surface area (TPSA) is 44.9 Å². The zero-order valence-electron chi connectivity index (χ0n) is 7.55. The van der Waals surface area contributed by atoms with Gasteiger partial charge in [0, 0.05) is 17.8 Å². The number of rotatable bonds is 1. The SMILES string of the molecule is O=c1[nH]cccc1C1CCCCN1. The van der Waals surface area contributed by atoms with E-state index in [-0.39, 0.29) is 11.6 Å². The van der Waals surface area contributed by atoms with Crippen molar-refractivity contribution in [3.05, 3.63) is 34.2 Å². The molecule has 70 valence electrons. The van der Waals surface area contributed by atoms with Crippen molar-refractivity contribution in [1.29, 1.82) is 0 Å². The van der Waals surface area contributed by atoms with Crippen molar-refractivity contribution in [3.8, 4) is 0 Å². The first kappa shape index (κ1) is 8.51. The summed E-state index contributed by atoms with van der Waals surface area (Å²) in [5, 5.41) is 3.36. The molecule has 0 aromatic carbocycles. The molecule has 1 aliphatic rings. The van der Waals surface area contributed by atoms with Gasteiger partial charge in [0.25, 0.3) is 5.56 Å². The van der Waals surface area contributed by atoms with E-state index < -0.39 is 0 Å². The van der Waals surface area contributed by atoms with Crippen LogP contribution in [0.4, 0.5) is 0 Å². The molecule has 1 unspecified atom stereocenters. The molecule has 2 heterocycles. The molecule has 1 atom stereocenters. The molecular formula is C10H14N2O. The monoisotopic (exact) mass is 178 g/mol. The molecule has 2 rings (SSSR count). The highest BCUT2D eigenvalue weighted by molar-refractivity contribution is 5.14. The molecular weight excluding hydrogens is 164 g/mol. The van der Waals surface area contributed by atoms with Gasteiger partial charge in [0.15, 0.2) is 0 Å². The van der Waals surface area contributed by atoms with E-state index in [2.05, 4.69) is 10.3 Å². The maximum atomic E-state index is 11.4. The Kier molecular flexibility index (Phi) is 2.45. The highest BCUT2D eigenvalue weighted by atomic mass is 16.1. The number of hydrogen-bond donors (Lipinski definition) is 2. The average molecular weight is 178 g/mol. The summed E-state index contributed by atoms with van der Waals surface area (Å²) in [6, 6.07) is 4.05. The fourth-order valence-corrected chi connectivity index (χ4v) is 1.83. The minimum absolute atomic E-state index is 0.0434. The molecule has 0 amide bonds. The van der Waals surface area contributed by atoms with Gasteiger partial charge in [-0.1, -0.05) is 12.5 Å². The van der Waals surface area contributed by atoms with Crippen LogP contribution in [0.2, 0.25) is 0 Å². The number of aromatic amines is 1. The van der Waals surface area contributed by atoms with Crippen LogP contribution in [0, 0.1) is 0 Å². The van der Waals surface area contributed by atoms with E-state index in [1.54, 1.807) is 6.20 Å². The van der Waals surface area contributed by atoms with Crippen LogP contribution < -0.4 is 10.9 Å². The van der Waals surface area contributed by atoms with Crippen molar-refractivity contribution in [3.63, 3.8) is 0 Å². The summed E-state index contributed by atoms with van der Waals surface area (Å²) >= 11 is 0. The Labute approximate surface area is 77.2 Å². The minimum atomic E-state index is 0.0434. The van der Waals surface area contributed by atoms with Crippen LogP contribution in [0.1, 0.15) is 30.9 Å². The molecule has 13 heavy (non-hydrogen) atoms. The van der Waals surface area contributed by atoms with Crippen LogP contribution in [0.25, 0.3) is 0 Å². The number of pyridine rings is 1. The highest BCUT2D eigenvalue weighted by Crippen LogP contribution is 2.19. The second kappa shape index (κ2) is 3.75. The maximum Gasteiger partial charge on any atom is 0.252 e. The van der Waals surface area contributed by atoms with Gasteiger partial charge in [-0.05, 0) is 25.5 Å². The molecule has 0 saturated carbocycles. The second-order valence-electron chi connectivity index (χ2n) is 3.46. The fraction of sp³-hybridized carbons (Fsp3) is 0.500. The molecule has 1 aromatic heterocycles. The van der Waals surface area contributed by atoms with Crippen molar-refractivity contribution in [2.24, 2.45) is 0 Å². The Hall–Kier alpha value is -1.09. The van der Waals surface area contributed by atoms with Gasteiger partial charge in [-0.2, -0.15) is 0 Å². The van der Waals surface area contributed by atoms with Gasteiger partial charge >= 0.3 is 0 Å². The fourth-order valence-electron chi connectivity index (χ4n) is 1.83. The van der Waals surface area contributed by atoms with E-state index in [1.807, 2.05) is 12.1 Å². The average Bonchev–Trinajstić information content (AvgIpc) is 2.20. The largest absolute Gasteiger partial charge is 0.329 e. The van der Waals surface area contributed by atoms with E-state index in [1.165, 1.54) is 12.8 Å². The first-order valence-electron chi connectivity index (χ1n) is 4.79. The first-order chi connectivity index (χ1) is 6.38. The van der Waals surface area contributed by atoms with Crippen molar-refractivity contribution < 1.29 is 0 Å². The zero-order valence-corrected chi connectivity index (χ0v) is 7.55. The number of piperidine rings is 1. The molecule has 0 aliphatic carbocycles. The summed E-state index contributed by atoms with van der Waals surface area (Å²) in [5.74, 6) is 0. The van der Waals surface area contributed by atoms with Crippen molar-refractivity contribution in [1.82, 2.24) is 10.3 Å². The third-order valence-electron chi connectivity index (χ3n) is 2.53. The Morgan fingerprint density at radius 2 is 2.31 bits per heavy atom. The molecule has 0 bridgehead atoms. The molecule has 1 aromatic rings. The maximum absolute atomic E-state index is 11.4. The zero-order chi connectivity index (χ0) is 9.10. The molecule has 2 N–H and O–H groups in total. The van der Waals surface area contributed by atoms with Crippen molar-refractivity contribution in [2.45, 2.75) is 25.3 Å². The molecule has 3 heteroatoms. The Bertz CT molecular complexity index is 326. The van der Waals surface area contributed by atoms with Gasteiger partial charge in [0.1, 0.15) is 0 Å². The Morgan fingerprint density at radius 1 is 1.38 bits per heavy atom. The van der Waals surface area contributed by atoms with Crippen LogP contribution in [0.5, 0.6) is 0 Å². The first-order valence-corrected chi connectivity index (χ1v) is 4.79. The predicted octanol–water partition coefficient (Wildman–Crippen LogP) is 1.19. The Balaban J connectivity index is 2.24. The summed E-state index contributed by atoms with van der Waals surface area (Å²) in [5.41, 5.74) is 0.920. The van der Waals surface area contributed by atoms with E-state index in [0.717, 1.165) is 18.5 Å². The van der Waals surface area contributed by atoms with E-state index >= 15 is 0 Å². The van der Waals surface area contributed by atoms with Gasteiger partial charge in [-0.25, -0.2) is 0 Å². The smallest absolute Gasteiger partial charge is 0.252 e. The van der Waals surface area contributed by atoms with E-state index in [0.29, 0.717) is 0 Å². The van der Waals surface area contributed by atoms with Gasteiger partial charge in [-0.3, -0.25) is 4.79 Å². The van der Waals surface area contributed by atoms with Crippen LogP contribution >= 0.6 is 0 Å². The summed E-state index contributed by atoms with van der Waals surface area (Å²) in [6.07, 6.45) is 5.19. The van der Waals surface area contributed by atoms with Crippen LogP contribution in [-0.4, -0.2) is 11.5 Å². The molecule has 1 saturated heterocycles. The summed E-state index contributed by atoms with van der Waals surface area (Å²) in [7, 11) is 0. The Morgan fingerprint density at radius 3 is 3.00 bits per heavy atom. The summed E-state index contributed by atoms with van der Waals surface area (Å²) in [4.78, 5) is 14.1. The lowest BCUT2D eigenvalue weighted by Crippen LogP contribution is -2.31. The normalized spacial score (nSPS) is 22.9. The molecule has 1 aliphatic heterocycles. The highest BCUT2D eigenvalue weighted by Gasteiger charge is 2.16. The number of nitrogens with one attached hydrogen (secondary N) is 2. The third kappa shape index (κ3) is 1.80. The lowest BCUT2D eigenvalue weighted by Gasteiger charge is -2.22. The molecule has 3 nitrogen and oxygen atoms in total. The van der Waals surface area contributed by atoms with E-state index in [9.17, 15) is 4.79 Å².